The molecule has 1 spiro atoms. The summed E-state index contributed by atoms with van der Waals surface area (Å²) in [7, 11) is 0. The zero-order valence-corrected chi connectivity index (χ0v) is 13.3. The largest absolute Gasteiger partial charge is 0.352 e. The Hall–Kier alpha value is -1.39. The quantitative estimate of drug-likeness (QED) is 0.805. The highest BCUT2D eigenvalue weighted by Gasteiger charge is 2.51. The molecule has 1 N–H and O–H groups in total. The number of hydrogen-bond donors (Lipinski definition) is 1. The van der Waals surface area contributed by atoms with Gasteiger partial charge in [0.1, 0.15) is 6.54 Å². The van der Waals surface area contributed by atoms with Gasteiger partial charge in [-0.2, -0.15) is 0 Å². The van der Waals surface area contributed by atoms with Crippen molar-refractivity contribution in [2.45, 2.75) is 65.3 Å². The molecule has 1 saturated heterocycles. The van der Waals surface area contributed by atoms with Gasteiger partial charge in [0.2, 0.25) is 17.7 Å². The van der Waals surface area contributed by atoms with Gasteiger partial charge in [-0.1, -0.05) is 33.1 Å². The third-order valence-corrected chi connectivity index (χ3v) is 4.99. The smallest absolute Gasteiger partial charge is 0.240 e. The first kappa shape index (κ1) is 16.0. The van der Waals surface area contributed by atoms with Crippen LogP contribution in [0.5, 0.6) is 0 Å². The Balaban J connectivity index is 1.99. The number of likely N-dealkylation sites (tertiary alicyclic amines) is 1. The molecule has 21 heavy (non-hydrogen) atoms. The first-order valence-corrected chi connectivity index (χ1v) is 8.00. The van der Waals surface area contributed by atoms with Crippen LogP contribution >= 0.6 is 0 Å². The van der Waals surface area contributed by atoms with Gasteiger partial charge < -0.3 is 5.32 Å². The van der Waals surface area contributed by atoms with Crippen LogP contribution in [0.1, 0.15) is 59.3 Å². The normalized spacial score (nSPS) is 23.0. The second kappa shape index (κ2) is 6.16. The van der Waals surface area contributed by atoms with Crippen LogP contribution in [0.2, 0.25) is 0 Å². The Kier molecular flexibility index (Phi) is 4.69. The summed E-state index contributed by atoms with van der Waals surface area (Å²) in [6.07, 6.45) is 5.01. The third-order valence-electron chi connectivity index (χ3n) is 4.99. The van der Waals surface area contributed by atoms with Crippen LogP contribution in [-0.2, 0) is 14.4 Å². The highest BCUT2D eigenvalue weighted by Crippen LogP contribution is 2.45. The summed E-state index contributed by atoms with van der Waals surface area (Å²) in [5, 5.41) is 2.85. The second-order valence-electron chi connectivity index (χ2n) is 6.90. The second-order valence-corrected chi connectivity index (χ2v) is 6.90. The summed E-state index contributed by atoms with van der Waals surface area (Å²) in [5.41, 5.74) is -0.501. The van der Waals surface area contributed by atoms with Gasteiger partial charge in [-0.3, -0.25) is 19.3 Å². The lowest BCUT2D eigenvalue weighted by Gasteiger charge is -2.30. The lowest BCUT2D eigenvalue weighted by molar-refractivity contribution is -0.145. The van der Waals surface area contributed by atoms with Crippen LogP contribution in [-0.4, -0.2) is 35.2 Å². The van der Waals surface area contributed by atoms with Gasteiger partial charge in [-0.05, 0) is 25.7 Å². The van der Waals surface area contributed by atoms with Crippen molar-refractivity contribution in [1.82, 2.24) is 10.2 Å². The minimum absolute atomic E-state index is 0.0361. The van der Waals surface area contributed by atoms with Crippen LogP contribution < -0.4 is 5.32 Å². The predicted octanol–water partition coefficient (Wildman–Crippen LogP) is 1.86. The van der Waals surface area contributed by atoms with Crippen LogP contribution in [0.25, 0.3) is 0 Å². The summed E-state index contributed by atoms with van der Waals surface area (Å²) >= 11 is 0. The van der Waals surface area contributed by atoms with E-state index < -0.39 is 5.41 Å². The Morgan fingerprint density at radius 1 is 1.19 bits per heavy atom. The van der Waals surface area contributed by atoms with Crippen LogP contribution in [0.4, 0.5) is 0 Å². The van der Waals surface area contributed by atoms with E-state index in [0.717, 1.165) is 32.1 Å². The fraction of sp³-hybridized carbons (Fsp3) is 0.812. The van der Waals surface area contributed by atoms with Crippen molar-refractivity contribution < 1.29 is 14.4 Å². The van der Waals surface area contributed by atoms with E-state index in [1.54, 1.807) is 0 Å². The van der Waals surface area contributed by atoms with Gasteiger partial charge in [0.05, 0.1) is 5.41 Å². The molecule has 2 aliphatic rings. The van der Waals surface area contributed by atoms with E-state index >= 15 is 0 Å². The van der Waals surface area contributed by atoms with E-state index in [1.165, 1.54) is 4.90 Å². The number of nitrogens with zero attached hydrogens (tertiary/aromatic N) is 1. The monoisotopic (exact) mass is 294 g/mol. The molecule has 118 valence electrons. The van der Waals surface area contributed by atoms with Crippen molar-refractivity contribution in [3.8, 4) is 0 Å². The predicted molar refractivity (Wildman–Crippen MR) is 79.3 cm³/mol. The standard InChI is InChI=1S/C16H26N2O3/c1-11(2)12(3)17-13(19)10-18-14(20)9-16(15(18)21)7-5-4-6-8-16/h11-12H,4-10H2,1-3H3,(H,17,19). The van der Waals surface area contributed by atoms with Gasteiger partial charge >= 0.3 is 0 Å². The zero-order valence-electron chi connectivity index (χ0n) is 13.3. The number of nitrogens with one attached hydrogen (secondary N) is 1. The number of rotatable bonds is 4. The summed E-state index contributed by atoms with van der Waals surface area (Å²) in [4.78, 5) is 37.9. The number of carbonyl (C=O) groups is 3. The van der Waals surface area contributed by atoms with Crippen molar-refractivity contribution in [2.75, 3.05) is 6.54 Å². The molecule has 3 amide bonds. The number of hydrogen-bond acceptors (Lipinski definition) is 3. The third kappa shape index (κ3) is 3.27. The first-order valence-electron chi connectivity index (χ1n) is 8.00. The molecule has 1 saturated carbocycles. The van der Waals surface area contributed by atoms with Gasteiger partial charge in [-0.15, -0.1) is 0 Å². The molecule has 0 aromatic carbocycles. The van der Waals surface area contributed by atoms with E-state index in [0.29, 0.717) is 12.3 Å². The SMILES string of the molecule is CC(C)C(C)NC(=O)CN1C(=O)CC2(CCCCC2)C1=O. The maximum Gasteiger partial charge on any atom is 0.240 e. The van der Waals surface area contributed by atoms with Crippen molar-refractivity contribution in [3.63, 3.8) is 0 Å². The lowest BCUT2D eigenvalue weighted by atomic mass is 9.73. The average molecular weight is 294 g/mol. The molecule has 0 radical (unpaired) electrons. The Morgan fingerprint density at radius 2 is 1.81 bits per heavy atom. The highest BCUT2D eigenvalue weighted by molar-refractivity contribution is 6.08. The molecule has 1 aliphatic heterocycles. The molecule has 0 aromatic heterocycles. The summed E-state index contributed by atoms with van der Waals surface area (Å²) in [6, 6.07) is 0.0361. The summed E-state index contributed by atoms with van der Waals surface area (Å²) < 4.78 is 0. The Labute approximate surface area is 126 Å². The van der Waals surface area contributed by atoms with Crippen molar-refractivity contribution >= 4 is 17.7 Å². The fourth-order valence-electron chi connectivity index (χ4n) is 3.25. The van der Waals surface area contributed by atoms with Gasteiger partial charge in [-0.25, -0.2) is 0 Å². The molecule has 1 unspecified atom stereocenters. The fourth-order valence-corrected chi connectivity index (χ4v) is 3.25. The highest BCUT2D eigenvalue weighted by atomic mass is 16.2. The molecule has 2 fully saturated rings. The molecule has 0 bridgehead atoms. The van der Waals surface area contributed by atoms with E-state index in [9.17, 15) is 14.4 Å². The van der Waals surface area contributed by atoms with E-state index in [1.807, 2.05) is 20.8 Å². The maximum absolute atomic E-state index is 12.6. The Bertz CT molecular complexity index is 439. The number of imide groups is 1. The first-order chi connectivity index (χ1) is 9.85. The van der Waals surface area contributed by atoms with Crippen LogP contribution in [0.15, 0.2) is 0 Å². The molecule has 1 heterocycles. The van der Waals surface area contributed by atoms with Gasteiger partial charge in [0, 0.05) is 12.5 Å². The van der Waals surface area contributed by atoms with Crippen molar-refractivity contribution in [1.29, 1.82) is 0 Å². The van der Waals surface area contributed by atoms with E-state index in [4.69, 9.17) is 0 Å². The van der Waals surface area contributed by atoms with Crippen molar-refractivity contribution in [3.05, 3.63) is 0 Å². The van der Waals surface area contributed by atoms with Crippen molar-refractivity contribution in [2.24, 2.45) is 11.3 Å². The van der Waals surface area contributed by atoms with Gasteiger partial charge in [0.15, 0.2) is 0 Å². The Morgan fingerprint density at radius 3 is 2.38 bits per heavy atom. The molecule has 1 aliphatic carbocycles. The molecule has 0 aromatic rings. The molecule has 2 rings (SSSR count). The summed E-state index contributed by atoms with van der Waals surface area (Å²) in [6.45, 7) is 5.84. The van der Waals surface area contributed by atoms with Crippen LogP contribution in [0.3, 0.4) is 0 Å². The maximum atomic E-state index is 12.6. The number of carbonyl (C=O) groups excluding carboxylic acids is 3. The minimum atomic E-state index is -0.501. The molecule has 1 atom stereocenters. The van der Waals surface area contributed by atoms with Crippen LogP contribution in [0, 0.1) is 11.3 Å². The lowest BCUT2D eigenvalue weighted by Crippen LogP contribution is -2.46. The number of amides is 3. The topological polar surface area (TPSA) is 66.5 Å². The molecular weight excluding hydrogens is 268 g/mol. The average Bonchev–Trinajstić information content (AvgIpc) is 2.64. The van der Waals surface area contributed by atoms with E-state index in [2.05, 4.69) is 5.32 Å². The molecular formula is C16H26N2O3. The van der Waals surface area contributed by atoms with Gasteiger partial charge in [0.25, 0.3) is 0 Å². The van der Waals surface area contributed by atoms with E-state index in [-0.39, 0.29) is 30.3 Å². The minimum Gasteiger partial charge on any atom is -0.352 e. The zero-order chi connectivity index (χ0) is 15.6. The summed E-state index contributed by atoms with van der Waals surface area (Å²) in [5.74, 6) is -0.233. The molecule has 5 nitrogen and oxygen atoms in total. The molecule has 5 heteroatoms.